The molecule has 0 atom stereocenters. The lowest BCUT2D eigenvalue weighted by atomic mass is 10.3. The lowest BCUT2D eigenvalue weighted by Gasteiger charge is -2.04. The van der Waals surface area contributed by atoms with Gasteiger partial charge in [0, 0.05) is 27.1 Å². The maximum Gasteiger partial charge on any atom is 0.203 e. The zero-order valence-corrected chi connectivity index (χ0v) is 11.0. The van der Waals surface area contributed by atoms with E-state index in [2.05, 4.69) is 31.0 Å². The van der Waals surface area contributed by atoms with Crippen LogP contribution in [0.3, 0.4) is 0 Å². The number of benzene rings is 1. The van der Waals surface area contributed by atoms with Gasteiger partial charge < -0.3 is 9.88 Å². The van der Waals surface area contributed by atoms with Crippen molar-refractivity contribution in [2.75, 3.05) is 11.9 Å². The Morgan fingerprint density at radius 1 is 1.21 bits per heavy atom. The Labute approximate surface area is 111 Å². The SMILES string of the molecule is Cn1cnc(CCNc2nc3ccccc3n2C)n1. The number of rotatable bonds is 4. The van der Waals surface area contributed by atoms with E-state index in [0.29, 0.717) is 0 Å². The van der Waals surface area contributed by atoms with Crippen LogP contribution in [-0.2, 0) is 20.5 Å². The number of hydrogen-bond acceptors (Lipinski definition) is 4. The number of hydrogen-bond donors (Lipinski definition) is 1. The maximum absolute atomic E-state index is 4.55. The van der Waals surface area contributed by atoms with Gasteiger partial charge in [-0.2, -0.15) is 5.10 Å². The quantitative estimate of drug-likeness (QED) is 0.765. The van der Waals surface area contributed by atoms with Crippen molar-refractivity contribution in [1.82, 2.24) is 24.3 Å². The molecule has 6 nitrogen and oxygen atoms in total. The van der Waals surface area contributed by atoms with Gasteiger partial charge in [-0.3, -0.25) is 4.68 Å². The number of para-hydroxylation sites is 2. The zero-order chi connectivity index (χ0) is 13.2. The molecule has 1 aromatic carbocycles. The first-order valence-corrected chi connectivity index (χ1v) is 6.24. The summed E-state index contributed by atoms with van der Waals surface area (Å²) in [6.07, 6.45) is 2.49. The molecule has 3 aromatic rings. The summed E-state index contributed by atoms with van der Waals surface area (Å²) in [7, 11) is 3.88. The molecule has 0 saturated carbocycles. The number of nitrogens with zero attached hydrogens (tertiary/aromatic N) is 5. The predicted molar refractivity (Wildman–Crippen MR) is 73.9 cm³/mol. The average molecular weight is 256 g/mol. The van der Waals surface area contributed by atoms with Gasteiger partial charge in [-0.25, -0.2) is 9.97 Å². The third-order valence-corrected chi connectivity index (χ3v) is 3.07. The minimum absolute atomic E-state index is 0.765. The van der Waals surface area contributed by atoms with E-state index in [1.165, 1.54) is 0 Å². The van der Waals surface area contributed by atoms with Gasteiger partial charge in [0.2, 0.25) is 5.95 Å². The normalized spacial score (nSPS) is 11.1. The molecule has 0 radical (unpaired) electrons. The fourth-order valence-corrected chi connectivity index (χ4v) is 2.09. The molecule has 0 unspecified atom stereocenters. The molecule has 2 heterocycles. The largest absolute Gasteiger partial charge is 0.355 e. The minimum Gasteiger partial charge on any atom is -0.355 e. The summed E-state index contributed by atoms with van der Waals surface area (Å²) in [5, 5.41) is 7.57. The van der Waals surface area contributed by atoms with Crippen molar-refractivity contribution in [3.8, 4) is 0 Å². The van der Waals surface area contributed by atoms with Gasteiger partial charge in [0.1, 0.15) is 6.33 Å². The standard InChI is InChI=1S/C13H16N6/c1-18-9-15-12(17-18)7-8-14-13-16-10-5-3-4-6-11(10)19(13)2/h3-6,9H,7-8H2,1-2H3,(H,14,16). The van der Waals surface area contributed by atoms with Gasteiger partial charge in [0.15, 0.2) is 5.82 Å². The lowest BCUT2D eigenvalue weighted by Crippen LogP contribution is -2.10. The summed E-state index contributed by atoms with van der Waals surface area (Å²) in [5.74, 6) is 1.71. The molecule has 1 N–H and O–H groups in total. The molecular weight excluding hydrogens is 240 g/mol. The fourth-order valence-electron chi connectivity index (χ4n) is 2.09. The van der Waals surface area contributed by atoms with Gasteiger partial charge in [-0.15, -0.1) is 0 Å². The molecule has 0 bridgehead atoms. The molecule has 0 aliphatic rings. The second kappa shape index (κ2) is 4.72. The number of imidazole rings is 1. The summed E-state index contributed by atoms with van der Waals surface area (Å²) < 4.78 is 3.77. The highest BCUT2D eigenvalue weighted by Gasteiger charge is 2.06. The summed E-state index contributed by atoms with van der Waals surface area (Å²) in [6, 6.07) is 8.09. The molecule has 0 fully saturated rings. The van der Waals surface area contributed by atoms with Crippen molar-refractivity contribution >= 4 is 17.0 Å². The van der Waals surface area contributed by atoms with Crippen LogP contribution in [0, 0.1) is 0 Å². The van der Waals surface area contributed by atoms with E-state index >= 15 is 0 Å². The molecule has 98 valence electrons. The van der Waals surface area contributed by atoms with Crippen LogP contribution < -0.4 is 5.32 Å². The van der Waals surface area contributed by atoms with Crippen molar-refractivity contribution in [1.29, 1.82) is 0 Å². The zero-order valence-electron chi connectivity index (χ0n) is 11.0. The third kappa shape index (κ3) is 2.29. The monoisotopic (exact) mass is 256 g/mol. The van der Waals surface area contributed by atoms with Crippen LogP contribution in [0.5, 0.6) is 0 Å². The van der Waals surface area contributed by atoms with Gasteiger partial charge in [0.05, 0.1) is 11.0 Å². The van der Waals surface area contributed by atoms with Gasteiger partial charge >= 0.3 is 0 Å². The predicted octanol–water partition coefficient (Wildman–Crippen LogP) is 1.36. The highest BCUT2D eigenvalue weighted by Crippen LogP contribution is 2.17. The van der Waals surface area contributed by atoms with Crippen LogP contribution in [-0.4, -0.2) is 30.9 Å². The van der Waals surface area contributed by atoms with Crippen LogP contribution in [0.4, 0.5) is 5.95 Å². The average Bonchev–Trinajstić information content (AvgIpc) is 2.96. The van der Waals surface area contributed by atoms with E-state index in [9.17, 15) is 0 Å². The molecule has 2 aromatic heterocycles. The Balaban J connectivity index is 1.70. The number of fused-ring (bicyclic) bond motifs is 1. The first-order valence-electron chi connectivity index (χ1n) is 6.24. The Morgan fingerprint density at radius 3 is 2.79 bits per heavy atom. The van der Waals surface area contributed by atoms with E-state index < -0.39 is 0 Å². The molecule has 19 heavy (non-hydrogen) atoms. The van der Waals surface area contributed by atoms with Gasteiger partial charge in [0.25, 0.3) is 0 Å². The highest BCUT2D eigenvalue weighted by atomic mass is 15.3. The Bertz CT molecular complexity index is 696. The molecule has 0 spiro atoms. The Hall–Kier alpha value is -2.37. The number of anilines is 1. The highest BCUT2D eigenvalue weighted by molar-refractivity contribution is 5.78. The van der Waals surface area contributed by atoms with Crippen LogP contribution >= 0.6 is 0 Å². The summed E-state index contributed by atoms with van der Waals surface area (Å²) in [5.41, 5.74) is 2.13. The van der Waals surface area contributed by atoms with Crippen molar-refractivity contribution in [2.24, 2.45) is 14.1 Å². The van der Waals surface area contributed by atoms with Crippen LogP contribution in [0.25, 0.3) is 11.0 Å². The fraction of sp³-hybridized carbons (Fsp3) is 0.308. The van der Waals surface area contributed by atoms with E-state index in [1.807, 2.05) is 32.3 Å². The van der Waals surface area contributed by atoms with Crippen molar-refractivity contribution in [3.63, 3.8) is 0 Å². The molecule has 0 saturated heterocycles. The smallest absolute Gasteiger partial charge is 0.203 e. The molecule has 0 amide bonds. The van der Waals surface area contributed by atoms with E-state index in [4.69, 9.17) is 0 Å². The second-order valence-electron chi connectivity index (χ2n) is 4.49. The molecule has 6 heteroatoms. The Morgan fingerprint density at radius 2 is 2.05 bits per heavy atom. The van der Waals surface area contributed by atoms with Crippen molar-refractivity contribution in [2.45, 2.75) is 6.42 Å². The van der Waals surface area contributed by atoms with Crippen molar-refractivity contribution in [3.05, 3.63) is 36.4 Å². The first kappa shape index (κ1) is 11.7. The molecule has 0 aliphatic heterocycles. The van der Waals surface area contributed by atoms with Gasteiger partial charge in [-0.1, -0.05) is 12.1 Å². The van der Waals surface area contributed by atoms with E-state index in [0.717, 1.165) is 35.8 Å². The molecular formula is C13H16N6. The van der Waals surface area contributed by atoms with Crippen LogP contribution in [0.1, 0.15) is 5.82 Å². The minimum atomic E-state index is 0.765. The molecule has 3 rings (SSSR count). The lowest BCUT2D eigenvalue weighted by molar-refractivity contribution is 0.741. The van der Waals surface area contributed by atoms with E-state index in [1.54, 1.807) is 11.0 Å². The van der Waals surface area contributed by atoms with E-state index in [-0.39, 0.29) is 0 Å². The number of aryl methyl sites for hydroxylation is 2. The topological polar surface area (TPSA) is 60.6 Å². The van der Waals surface area contributed by atoms with Crippen LogP contribution in [0.15, 0.2) is 30.6 Å². The first-order chi connectivity index (χ1) is 9.24. The van der Waals surface area contributed by atoms with Crippen molar-refractivity contribution < 1.29 is 0 Å². The molecule has 0 aliphatic carbocycles. The number of nitrogens with one attached hydrogen (secondary N) is 1. The number of aromatic nitrogens is 5. The third-order valence-electron chi connectivity index (χ3n) is 3.07. The summed E-state index contributed by atoms with van der Waals surface area (Å²) in [6.45, 7) is 0.765. The Kier molecular flexibility index (Phi) is 2.91. The summed E-state index contributed by atoms with van der Waals surface area (Å²) in [4.78, 5) is 8.75. The second-order valence-corrected chi connectivity index (χ2v) is 4.49. The van der Waals surface area contributed by atoms with Crippen LogP contribution in [0.2, 0.25) is 0 Å². The summed E-state index contributed by atoms with van der Waals surface area (Å²) >= 11 is 0. The van der Waals surface area contributed by atoms with Gasteiger partial charge in [-0.05, 0) is 12.1 Å². The maximum atomic E-state index is 4.55.